The summed E-state index contributed by atoms with van der Waals surface area (Å²) in [5.74, 6) is -1.20. The zero-order valence-electron chi connectivity index (χ0n) is 8.75. The SMILES string of the molecule is Fc1ccc(NCc2ccc(Br)cn2)c(F)c1. The first-order valence-corrected chi connectivity index (χ1v) is 5.74. The van der Waals surface area contributed by atoms with Crippen molar-refractivity contribution in [3.63, 3.8) is 0 Å². The molecule has 0 bridgehead atoms. The first kappa shape index (κ1) is 12.0. The number of nitrogens with zero attached hydrogens (tertiary/aromatic N) is 1. The summed E-state index contributed by atoms with van der Waals surface area (Å²) < 4.78 is 26.8. The minimum Gasteiger partial charge on any atom is -0.377 e. The molecule has 5 heteroatoms. The highest BCUT2D eigenvalue weighted by Crippen LogP contribution is 2.16. The summed E-state index contributed by atoms with van der Waals surface area (Å²) in [7, 11) is 0. The maximum atomic E-state index is 13.3. The van der Waals surface area contributed by atoms with E-state index in [-0.39, 0.29) is 5.69 Å². The summed E-state index contributed by atoms with van der Waals surface area (Å²) in [5.41, 5.74) is 1.04. The van der Waals surface area contributed by atoms with Gasteiger partial charge in [-0.3, -0.25) is 4.98 Å². The largest absolute Gasteiger partial charge is 0.377 e. The molecule has 2 aromatic rings. The molecule has 0 spiro atoms. The van der Waals surface area contributed by atoms with Crippen molar-refractivity contribution < 1.29 is 8.78 Å². The van der Waals surface area contributed by atoms with Crippen LogP contribution >= 0.6 is 15.9 Å². The molecule has 1 aromatic heterocycles. The summed E-state index contributed by atoms with van der Waals surface area (Å²) in [6, 6.07) is 7.09. The van der Waals surface area contributed by atoms with E-state index in [1.807, 2.05) is 12.1 Å². The van der Waals surface area contributed by atoms with Crippen molar-refractivity contribution in [1.82, 2.24) is 4.98 Å². The predicted octanol–water partition coefficient (Wildman–Crippen LogP) is 3.73. The van der Waals surface area contributed by atoms with Crippen molar-refractivity contribution in [3.05, 3.63) is 58.3 Å². The molecule has 1 aromatic carbocycles. The van der Waals surface area contributed by atoms with Crippen LogP contribution in [0.3, 0.4) is 0 Å². The minimum absolute atomic E-state index is 0.260. The van der Waals surface area contributed by atoms with Crippen molar-refractivity contribution in [2.75, 3.05) is 5.32 Å². The molecule has 0 unspecified atom stereocenters. The zero-order chi connectivity index (χ0) is 12.3. The van der Waals surface area contributed by atoms with Gasteiger partial charge in [0.25, 0.3) is 0 Å². The van der Waals surface area contributed by atoms with Crippen LogP contribution in [0, 0.1) is 11.6 Å². The second-order valence-electron chi connectivity index (χ2n) is 3.45. The van der Waals surface area contributed by atoms with E-state index in [4.69, 9.17) is 0 Å². The highest BCUT2D eigenvalue weighted by Gasteiger charge is 2.03. The Bertz CT molecular complexity index is 514. The van der Waals surface area contributed by atoms with Gasteiger partial charge in [-0.05, 0) is 40.2 Å². The first-order valence-electron chi connectivity index (χ1n) is 4.94. The smallest absolute Gasteiger partial charge is 0.149 e. The molecule has 2 nitrogen and oxygen atoms in total. The topological polar surface area (TPSA) is 24.9 Å². The fourth-order valence-corrected chi connectivity index (χ4v) is 1.56. The van der Waals surface area contributed by atoms with E-state index in [0.29, 0.717) is 6.54 Å². The van der Waals surface area contributed by atoms with Gasteiger partial charge in [-0.1, -0.05) is 0 Å². The van der Waals surface area contributed by atoms with Gasteiger partial charge in [-0.15, -0.1) is 0 Å². The Labute approximate surface area is 106 Å². The Morgan fingerprint density at radius 3 is 2.65 bits per heavy atom. The van der Waals surface area contributed by atoms with Crippen molar-refractivity contribution in [2.45, 2.75) is 6.54 Å². The molecule has 0 saturated carbocycles. The van der Waals surface area contributed by atoms with Crippen molar-refractivity contribution in [2.24, 2.45) is 0 Å². The van der Waals surface area contributed by atoms with Gasteiger partial charge < -0.3 is 5.32 Å². The second-order valence-corrected chi connectivity index (χ2v) is 4.36. The summed E-state index contributed by atoms with van der Waals surface area (Å²) >= 11 is 3.28. The van der Waals surface area contributed by atoms with Crippen LogP contribution in [0.1, 0.15) is 5.69 Å². The lowest BCUT2D eigenvalue weighted by molar-refractivity contribution is 0.585. The zero-order valence-corrected chi connectivity index (χ0v) is 10.3. The van der Waals surface area contributed by atoms with E-state index >= 15 is 0 Å². The summed E-state index contributed by atoms with van der Waals surface area (Å²) in [5, 5.41) is 2.86. The normalized spacial score (nSPS) is 10.3. The molecular formula is C12H9BrF2N2. The molecule has 0 atom stereocenters. The Hall–Kier alpha value is -1.49. The number of benzene rings is 1. The molecule has 0 aliphatic rings. The highest BCUT2D eigenvalue weighted by molar-refractivity contribution is 9.10. The maximum absolute atomic E-state index is 13.3. The first-order chi connectivity index (χ1) is 8.15. The lowest BCUT2D eigenvalue weighted by atomic mass is 10.3. The third-order valence-electron chi connectivity index (χ3n) is 2.18. The monoisotopic (exact) mass is 298 g/mol. The number of hydrogen-bond acceptors (Lipinski definition) is 2. The van der Waals surface area contributed by atoms with E-state index in [9.17, 15) is 8.78 Å². The average Bonchev–Trinajstić information content (AvgIpc) is 2.30. The van der Waals surface area contributed by atoms with Gasteiger partial charge >= 0.3 is 0 Å². The van der Waals surface area contributed by atoms with Crippen LogP contribution in [0.15, 0.2) is 41.0 Å². The lowest BCUT2D eigenvalue weighted by Crippen LogP contribution is -2.03. The standard InChI is InChI=1S/C12H9BrF2N2/c13-8-1-3-10(16-6-8)7-17-12-4-2-9(14)5-11(12)15/h1-6,17H,7H2. The molecule has 0 fully saturated rings. The maximum Gasteiger partial charge on any atom is 0.149 e. The number of anilines is 1. The van der Waals surface area contributed by atoms with Gasteiger partial charge in [0.2, 0.25) is 0 Å². The van der Waals surface area contributed by atoms with Gasteiger partial charge in [0.1, 0.15) is 11.6 Å². The minimum atomic E-state index is -0.609. The molecule has 88 valence electrons. The van der Waals surface area contributed by atoms with E-state index < -0.39 is 11.6 Å². The molecule has 0 aliphatic carbocycles. The quantitative estimate of drug-likeness (QED) is 0.934. The fourth-order valence-electron chi connectivity index (χ4n) is 1.33. The number of nitrogens with one attached hydrogen (secondary N) is 1. The summed E-state index contributed by atoms with van der Waals surface area (Å²) in [6.45, 7) is 0.385. The molecule has 0 radical (unpaired) electrons. The highest BCUT2D eigenvalue weighted by atomic mass is 79.9. The Balaban J connectivity index is 2.04. The van der Waals surface area contributed by atoms with Crippen LogP contribution in [0.25, 0.3) is 0 Å². The van der Waals surface area contributed by atoms with Crippen LogP contribution in [0.5, 0.6) is 0 Å². The third kappa shape index (κ3) is 3.23. The predicted molar refractivity (Wildman–Crippen MR) is 65.6 cm³/mol. The van der Waals surface area contributed by atoms with Crippen LogP contribution in [-0.4, -0.2) is 4.98 Å². The number of aromatic nitrogens is 1. The molecular weight excluding hydrogens is 290 g/mol. The molecule has 0 amide bonds. The van der Waals surface area contributed by atoms with Crippen LogP contribution in [0.4, 0.5) is 14.5 Å². The van der Waals surface area contributed by atoms with Crippen molar-refractivity contribution in [3.8, 4) is 0 Å². The van der Waals surface area contributed by atoms with Crippen LogP contribution < -0.4 is 5.32 Å². The number of rotatable bonds is 3. The molecule has 1 N–H and O–H groups in total. The number of halogens is 3. The molecule has 2 rings (SSSR count). The van der Waals surface area contributed by atoms with E-state index in [1.54, 1.807) is 6.20 Å². The van der Waals surface area contributed by atoms with Crippen molar-refractivity contribution in [1.29, 1.82) is 0 Å². The second kappa shape index (κ2) is 5.23. The van der Waals surface area contributed by atoms with Crippen LogP contribution in [0.2, 0.25) is 0 Å². The van der Waals surface area contributed by atoms with Crippen LogP contribution in [-0.2, 0) is 6.54 Å². The molecule has 0 saturated heterocycles. The van der Waals surface area contributed by atoms with E-state index in [0.717, 1.165) is 16.2 Å². The van der Waals surface area contributed by atoms with Crippen molar-refractivity contribution >= 4 is 21.6 Å². The van der Waals surface area contributed by atoms with Gasteiger partial charge in [0, 0.05) is 16.7 Å². The van der Waals surface area contributed by atoms with Gasteiger partial charge in [0.15, 0.2) is 0 Å². The Morgan fingerprint density at radius 2 is 2.00 bits per heavy atom. The summed E-state index contributed by atoms with van der Waals surface area (Å²) in [6.07, 6.45) is 1.66. The van der Waals surface area contributed by atoms with E-state index in [2.05, 4.69) is 26.2 Å². The van der Waals surface area contributed by atoms with E-state index in [1.165, 1.54) is 12.1 Å². The van der Waals surface area contributed by atoms with Gasteiger partial charge in [0.05, 0.1) is 17.9 Å². The molecule has 1 heterocycles. The fraction of sp³-hybridized carbons (Fsp3) is 0.0833. The average molecular weight is 299 g/mol. The Kier molecular flexibility index (Phi) is 3.68. The summed E-state index contributed by atoms with van der Waals surface area (Å²) in [4.78, 5) is 4.13. The van der Waals surface area contributed by atoms with Gasteiger partial charge in [-0.2, -0.15) is 0 Å². The Morgan fingerprint density at radius 1 is 1.18 bits per heavy atom. The lowest BCUT2D eigenvalue weighted by Gasteiger charge is -2.07. The number of hydrogen-bond donors (Lipinski definition) is 1. The molecule has 0 aliphatic heterocycles. The van der Waals surface area contributed by atoms with Gasteiger partial charge in [-0.25, -0.2) is 8.78 Å². The molecule has 17 heavy (non-hydrogen) atoms. The number of pyridine rings is 1. The third-order valence-corrected chi connectivity index (χ3v) is 2.65.